The lowest BCUT2D eigenvalue weighted by Crippen LogP contribution is -2.04. The molecule has 0 aliphatic heterocycles. The number of methoxy groups -OCH3 is 1. The summed E-state index contributed by atoms with van der Waals surface area (Å²) in [5.74, 6) is 0.461. The number of esters is 1. The van der Waals surface area contributed by atoms with Gasteiger partial charge in [-0.05, 0) is 15.9 Å². The van der Waals surface area contributed by atoms with Crippen molar-refractivity contribution >= 4 is 33.1 Å². The number of hydrogen-bond donors (Lipinski definition) is 0. The number of carbonyl (C=O) groups excluding carboxylic acids is 1. The predicted octanol–water partition coefficient (Wildman–Crippen LogP) is 2.90. The molecule has 0 fully saturated rings. The number of hydrogen-bond acceptors (Lipinski definition) is 5. The molecule has 0 spiro atoms. The number of nitrogens with zero attached hydrogens (tertiary/aromatic N) is 2. The van der Waals surface area contributed by atoms with Gasteiger partial charge in [0.25, 0.3) is 0 Å². The number of rotatable bonds is 2. The summed E-state index contributed by atoms with van der Waals surface area (Å²) < 4.78 is 10.9. The first-order valence-electron chi connectivity index (χ1n) is 5.07. The first-order chi connectivity index (χ1) is 8.04. The highest BCUT2D eigenvalue weighted by molar-refractivity contribution is 9.10. The van der Waals surface area contributed by atoms with Crippen LogP contribution in [0.25, 0.3) is 11.2 Å². The minimum atomic E-state index is -0.515. The van der Waals surface area contributed by atoms with E-state index in [2.05, 4.69) is 30.6 Å². The first kappa shape index (κ1) is 12.0. The molecule has 0 aromatic carbocycles. The van der Waals surface area contributed by atoms with Gasteiger partial charge in [-0.3, -0.25) is 0 Å². The summed E-state index contributed by atoms with van der Waals surface area (Å²) in [4.78, 5) is 19.6. The Morgan fingerprint density at radius 3 is 2.82 bits per heavy atom. The average molecular weight is 299 g/mol. The zero-order valence-corrected chi connectivity index (χ0v) is 11.2. The SMILES string of the molecule is COC(=O)c1cnc2oc(C(C)C)c(Br)c2n1. The van der Waals surface area contributed by atoms with Gasteiger partial charge in [-0.2, -0.15) is 0 Å². The highest BCUT2D eigenvalue weighted by Gasteiger charge is 2.19. The fourth-order valence-corrected chi connectivity index (χ4v) is 2.23. The molecule has 2 heterocycles. The van der Waals surface area contributed by atoms with Crippen LogP contribution in [-0.4, -0.2) is 23.0 Å². The Balaban J connectivity index is 2.61. The largest absolute Gasteiger partial charge is 0.464 e. The highest BCUT2D eigenvalue weighted by Crippen LogP contribution is 2.33. The van der Waals surface area contributed by atoms with Gasteiger partial charge < -0.3 is 9.15 Å². The molecule has 0 bridgehead atoms. The fourth-order valence-electron chi connectivity index (χ4n) is 1.44. The van der Waals surface area contributed by atoms with Crippen LogP contribution in [0.3, 0.4) is 0 Å². The van der Waals surface area contributed by atoms with E-state index in [9.17, 15) is 4.79 Å². The van der Waals surface area contributed by atoms with E-state index < -0.39 is 5.97 Å². The van der Waals surface area contributed by atoms with Crippen LogP contribution in [0, 0.1) is 0 Å². The van der Waals surface area contributed by atoms with Gasteiger partial charge in [0.05, 0.1) is 17.8 Å². The normalized spacial score (nSPS) is 11.1. The summed E-state index contributed by atoms with van der Waals surface area (Å²) in [6.45, 7) is 4.01. The van der Waals surface area contributed by atoms with Crippen molar-refractivity contribution in [3.8, 4) is 0 Å². The zero-order valence-electron chi connectivity index (χ0n) is 9.65. The van der Waals surface area contributed by atoms with Gasteiger partial charge in [0.1, 0.15) is 11.3 Å². The Bertz CT molecular complexity index is 577. The number of ether oxygens (including phenoxy) is 1. The molecule has 0 radical (unpaired) electrons. The van der Waals surface area contributed by atoms with Gasteiger partial charge >= 0.3 is 5.97 Å². The van der Waals surface area contributed by atoms with Crippen LogP contribution >= 0.6 is 15.9 Å². The summed E-state index contributed by atoms with van der Waals surface area (Å²) in [5, 5.41) is 0. The van der Waals surface area contributed by atoms with E-state index in [0.717, 1.165) is 10.2 Å². The van der Waals surface area contributed by atoms with Crippen LogP contribution in [0.1, 0.15) is 36.0 Å². The van der Waals surface area contributed by atoms with Crippen LogP contribution in [0.15, 0.2) is 15.1 Å². The third-order valence-corrected chi connectivity index (χ3v) is 3.06. The molecule has 2 rings (SSSR count). The molecule has 17 heavy (non-hydrogen) atoms. The van der Waals surface area contributed by atoms with E-state index in [1.54, 1.807) is 0 Å². The van der Waals surface area contributed by atoms with E-state index in [0.29, 0.717) is 11.2 Å². The second kappa shape index (κ2) is 4.44. The van der Waals surface area contributed by atoms with E-state index in [4.69, 9.17) is 4.42 Å². The van der Waals surface area contributed by atoms with E-state index in [1.165, 1.54) is 13.3 Å². The summed E-state index contributed by atoms with van der Waals surface area (Å²) in [6, 6.07) is 0. The van der Waals surface area contributed by atoms with Gasteiger partial charge in [-0.25, -0.2) is 14.8 Å². The summed E-state index contributed by atoms with van der Waals surface area (Å²) >= 11 is 3.41. The van der Waals surface area contributed by atoms with Crippen LogP contribution in [0.2, 0.25) is 0 Å². The Labute approximate surface area is 106 Å². The Hall–Kier alpha value is -1.43. The molecule has 0 saturated heterocycles. The predicted molar refractivity (Wildman–Crippen MR) is 64.9 cm³/mol. The van der Waals surface area contributed by atoms with Crippen LogP contribution in [0.4, 0.5) is 0 Å². The van der Waals surface area contributed by atoms with Crippen molar-refractivity contribution in [1.82, 2.24) is 9.97 Å². The van der Waals surface area contributed by atoms with Crippen molar-refractivity contribution in [2.24, 2.45) is 0 Å². The molecule has 0 amide bonds. The lowest BCUT2D eigenvalue weighted by molar-refractivity contribution is 0.0594. The van der Waals surface area contributed by atoms with E-state index >= 15 is 0 Å². The van der Waals surface area contributed by atoms with Crippen molar-refractivity contribution in [3.63, 3.8) is 0 Å². The number of furan rings is 1. The minimum absolute atomic E-state index is 0.164. The fraction of sp³-hybridized carbons (Fsp3) is 0.364. The van der Waals surface area contributed by atoms with Gasteiger partial charge in [0.15, 0.2) is 5.69 Å². The molecule has 0 N–H and O–H groups in total. The molecule has 0 aliphatic carbocycles. The minimum Gasteiger partial charge on any atom is -0.464 e. The molecule has 0 atom stereocenters. The van der Waals surface area contributed by atoms with Gasteiger partial charge in [0, 0.05) is 5.92 Å². The molecule has 0 unspecified atom stereocenters. The maximum absolute atomic E-state index is 11.3. The summed E-state index contributed by atoms with van der Waals surface area (Å²) in [5.41, 5.74) is 1.11. The molecule has 90 valence electrons. The van der Waals surface area contributed by atoms with Crippen molar-refractivity contribution in [3.05, 3.63) is 22.1 Å². The summed E-state index contributed by atoms with van der Waals surface area (Å²) in [6.07, 6.45) is 1.34. The Morgan fingerprint density at radius 1 is 1.53 bits per heavy atom. The van der Waals surface area contributed by atoms with Gasteiger partial charge in [-0.1, -0.05) is 13.8 Å². The maximum atomic E-state index is 11.3. The third-order valence-electron chi connectivity index (χ3n) is 2.29. The maximum Gasteiger partial charge on any atom is 0.358 e. The van der Waals surface area contributed by atoms with Gasteiger partial charge in [0.2, 0.25) is 5.71 Å². The molecular formula is C11H11BrN2O3. The quantitative estimate of drug-likeness (QED) is 0.798. The van der Waals surface area contributed by atoms with Crippen molar-refractivity contribution in [1.29, 1.82) is 0 Å². The monoisotopic (exact) mass is 298 g/mol. The lowest BCUT2D eigenvalue weighted by atomic mass is 10.2. The van der Waals surface area contributed by atoms with Crippen molar-refractivity contribution in [2.45, 2.75) is 19.8 Å². The molecule has 0 saturated carbocycles. The second-order valence-electron chi connectivity index (χ2n) is 3.84. The molecule has 5 nitrogen and oxygen atoms in total. The molecule has 2 aromatic rings. The number of halogens is 1. The lowest BCUT2D eigenvalue weighted by Gasteiger charge is -1.98. The van der Waals surface area contributed by atoms with Gasteiger partial charge in [-0.15, -0.1) is 0 Å². The highest BCUT2D eigenvalue weighted by atomic mass is 79.9. The summed E-state index contributed by atoms with van der Waals surface area (Å²) in [7, 11) is 1.30. The van der Waals surface area contributed by atoms with Crippen molar-refractivity contribution in [2.75, 3.05) is 7.11 Å². The molecular weight excluding hydrogens is 288 g/mol. The molecule has 2 aromatic heterocycles. The second-order valence-corrected chi connectivity index (χ2v) is 4.63. The Kier molecular flexibility index (Phi) is 3.15. The van der Waals surface area contributed by atoms with E-state index in [-0.39, 0.29) is 11.6 Å². The van der Waals surface area contributed by atoms with Crippen LogP contribution < -0.4 is 0 Å². The third kappa shape index (κ3) is 2.04. The average Bonchev–Trinajstić information content (AvgIpc) is 2.65. The molecule has 6 heteroatoms. The Morgan fingerprint density at radius 2 is 2.24 bits per heavy atom. The standard InChI is InChI=1S/C11H11BrN2O3/c1-5(2)9-7(12)8-10(17-9)13-4-6(14-8)11(15)16-3/h4-5H,1-3H3. The van der Waals surface area contributed by atoms with E-state index in [1.807, 2.05) is 13.8 Å². The molecule has 0 aliphatic rings. The topological polar surface area (TPSA) is 65.2 Å². The number of aromatic nitrogens is 2. The first-order valence-corrected chi connectivity index (χ1v) is 5.87. The smallest absolute Gasteiger partial charge is 0.358 e. The number of carbonyl (C=O) groups is 1. The van der Waals surface area contributed by atoms with Crippen LogP contribution in [-0.2, 0) is 4.74 Å². The van der Waals surface area contributed by atoms with Crippen molar-refractivity contribution < 1.29 is 13.9 Å². The zero-order chi connectivity index (χ0) is 12.6. The van der Waals surface area contributed by atoms with Crippen LogP contribution in [0.5, 0.6) is 0 Å². The number of fused-ring (bicyclic) bond motifs is 1.